The lowest BCUT2D eigenvalue weighted by molar-refractivity contribution is 0.528. The maximum Gasteiger partial charge on any atom is 0.195 e. The molecule has 3 aromatic rings. The van der Waals surface area contributed by atoms with Gasteiger partial charge in [0.25, 0.3) is 0 Å². The van der Waals surface area contributed by atoms with Crippen molar-refractivity contribution in [2.24, 2.45) is 5.73 Å². The molecule has 0 spiro atoms. The Balaban J connectivity index is 1.78. The fourth-order valence-electron chi connectivity index (χ4n) is 2.15. The molecule has 0 saturated heterocycles. The number of oxazole rings is 1. The average molecular weight is 252 g/mol. The Morgan fingerprint density at radius 1 is 0.947 bits per heavy atom. The van der Waals surface area contributed by atoms with Gasteiger partial charge in [0.05, 0.1) is 0 Å². The number of hydrogen-bond acceptors (Lipinski definition) is 3. The normalized spacial score (nSPS) is 11.0. The molecule has 0 atom stereocenters. The Kier molecular flexibility index (Phi) is 3.29. The van der Waals surface area contributed by atoms with Crippen LogP contribution < -0.4 is 5.73 Å². The molecule has 96 valence electrons. The summed E-state index contributed by atoms with van der Waals surface area (Å²) in [7, 11) is 0. The molecule has 1 heterocycles. The van der Waals surface area contributed by atoms with Crippen LogP contribution in [-0.4, -0.2) is 4.98 Å². The van der Waals surface area contributed by atoms with Crippen molar-refractivity contribution < 1.29 is 4.42 Å². The SMILES string of the molecule is NCc1ccc2nc(CCc3ccccc3)oc2c1. The number of aryl methyl sites for hydroxylation is 2. The molecule has 1 aromatic heterocycles. The van der Waals surface area contributed by atoms with E-state index >= 15 is 0 Å². The number of fused-ring (bicyclic) bond motifs is 1. The van der Waals surface area contributed by atoms with Gasteiger partial charge < -0.3 is 10.2 Å². The summed E-state index contributed by atoms with van der Waals surface area (Å²) < 4.78 is 5.77. The van der Waals surface area contributed by atoms with Crippen LogP contribution in [0.1, 0.15) is 17.0 Å². The number of nitrogens with zero attached hydrogens (tertiary/aromatic N) is 1. The summed E-state index contributed by atoms with van der Waals surface area (Å²) in [5.74, 6) is 0.785. The topological polar surface area (TPSA) is 52.0 Å². The van der Waals surface area contributed by atoms with Crippen LogP contribution in [0.3, 0.4) is 0 Å². The fraction of sp³-hybridized carbons (Fsp3) is 0.188. The highest BCUT2D eigenvalue weighted by molar-refractivity contribution is 5.73. The quantitative estimate of drug-likeness (QED) is 0.776. The van der Waals surface area contributed by atoms with Gasteiger partial charge in [0, 0.05) is 13.0 Å². The highest BCUT2D eigenvalue weighted by Crippen LogP contribution is 2.18. The maximum atomic E-state index is 5.77. The average Bonchev–Trinajstić information content (AvgIpc) is 2.88. The van der Waals surface area contributed by atoms with Crippen LogP contribution in [0, 0.1) is 0 Å². The highest BCUT2D eigenvalue weighted by Gasteiger charge is 2.06. The lowest BCUT2D eigenvalue weighted by Crippen LogP contribution is -1.94. The lowest BCUT2D eigenvalue weighted by atomic mass is 10.1. The summed E-state index contributed by atoms with van der Waals surface area (Å²) in [4.78, 5) is 4.50. The van der Waals surface area contributed by atoms with Crippen LogP contribution in [0.4, 0.5) is 0 Å². The summed E-state index contributed by atoms with van der Waals surface area (Å²) >= 11 is 0. The molecule has 0 unspecified atom stereocenters. The van der Waals surface area contributed by atoms with Crippen molar-refractivity contribution in [3.63, 3.8) is 0 Å². The minimum atomic E-state index is 0.524. The third-order valence-corrected chi connectivity index (χ3v) is 3.20. The number of nitrogens with two attached hydrogens (primary N) is 1. The predicted molar refractivity (Wildman–Crippen MR) is 75.8 cm³/mol. The van der Waals surface area contributed by atoms with Crippen molar-refractivity contribution >= 4 is 11.1 Å². The molecule has 0 aliphatic rings. The van der Waals surface area contributed by atoms with E-state index in [1.54, 1.807) is 0 Å². The van der Waals surface area contributed by atoms with Crippen molar-refractivity contribution in [2.45, 2.75) is 19.4 Å². The Labute approximate surface area is 112 Å². The Morgan fingerprint density at radius 2 is 1.79 bits per heavy atom. The van der Waals surface area contributed by atoms with E-state index in [9.17, 15) is 0 Å². The van der Waals surface area contributed by atoms with Crippen molar-refractivity contribution in [1.82, 2.24) is 4.98 Å². The number of benzene rings is 2. The molecule has 0 saturated carbocycles. The lowest BCUT2D eigenvalue weighted by Gasteiger charge is -1.97. The van der Waals surface area contributed by atoms with Crippen LogP contribution in [-0.2, 0) is 19.4 Å². The summed E-state index contributed by atoms with van der Waals surface area (Å²) in [6, 6.07) is 16.3. The second kappa shape index (κ2) is 5.24. The van der Waals surface area contributed by atoms with E-state index in [1.807, 2.05) is 24.3 Å². The molecule has 3 heteroatoms. The van der Waals surface area contributed by atoms with Gasteiger partial charge in [-0.1, -0.05) is 36.4 Å². The smallest absolute Gasteiger partial charge is 0.195 e. The summed E-state index contributed by atoms with van der Waals surface area (Å²) in [6.07, 6.45) is 1.76. The first kappa shape index (κ1) is 11.9. The van der Waals surface area contributed by atoms with Gasteiger partial charge in [-0.2, -0.15) is 0 Å². The first-order chi connectivity index (χ1) is 9.35. The Bertz CT molecular complexity index is 674. The third-order valence-electron chi connectivity index (χ3n) is 3.20. The Hall–Kier alpha value is -2.13. The largest absolute Gasteiger partial charge is 0.441 e. The van der Waals surface area contributed by atoms with E-state index in [4.69, 9.17) is 10.2 Å². The molecule has 0 aliphatic heterocycles. The molecule has 0 fully saturated rings. The van der Waals surface area contributed by atoms with E-state index < -0.39 is 0 Å². The number of aromatic nitrogens is 1. The molecule has 3 nitrogen and oxygen atoms in total. The molecular formula is C16H16N2O. The van der Waals surface area contributed by atoms with E-state index in [0.717, 1.165) is 35.4 Å². The second-order valence-electron chi connectivity index (χ2n) is 4.60. The monoisotopic (exact) mass is 252 g/mol. The van der Waals surface area contributed by atoms with Crippen molar-refractivity contribution in [3.05, 3.63) is 65.5 Å². The fourth-order valence-corrected chi connectivity index (χ4v) is 2.15. The van der Waals surface area contributed by atoms with Crippen LogP contribution in [0.25, 0.3) is 11.1 Å². The van der Waals surface area contributed by atoms with Crippen LogP contribution >= 0.6 is 0 Å². The maximum absolute atomic E-state index is 5.77. The molecular weight excluding hydrogens is 236 g/mol. The standard InChI is InChI=1S/C16H16N2O/c17-11-13-6-8-14-15(10-13)19-16(18-14)9-7-12-4-2-1-3-5-12/h1-6,8,10H,7,9,11,17H2. The van der Waals surface area contributed by atoms with Gasteiger partial charge >= 0.3 is 0 Å². The number of hydrogen-bond donors (Lipinski definition) is 1. The van der Waals surface area contributed by atoms with Gasteiger partial charge in [-0.15, -0.1) is 0 Å². The van der Waals surface area contributed by atoms with Gasteiger partial charge in [0.1, 0.15) is 5.52 Å². The predicted octanol–water partition coefficient (Wildman–Crippen LogP) is 3.07. The molecule has 19 heavy (non-hydrogen) atoms. The molecule has 3 rings (SSSR count). The summed E-state index contributed by atoms with van der Waals surface area (Å²) in [5.41, 5.74) is 9.71. The Morgan fingerprint density at radius 3 is 2.58 bits per heavy atom. The van der Waals surface area contributed by atoms with E-state index in [-0.39, 0.29) is 0 Å². The molecule has 0 aliphatic carbocycles. The zero-order chi connectivity index (χ0) is 13.1. The van der Waals surface area contributed by atoms with Gasteiger partial charge in [-0.25, -0.2) is 4.98 Å². The van der Waals surface area contributed by atoms with Crippen LogP contribution in [0.2, 0.25) is 0 Å². The molecule has 0 amide bonds. The summed E-state index contributed by atoms with van der Waals surface area (Å²) in [5, 5.41) is 0. The zero-order valence-corrected chi connectivity index (χ0v) is 10.7. The molecule has 2 aromatic carbocycles. The van der Waals surface area contributed by atoms with E-state index in [2.05, 4.69) is 29.2 Å². The summed E-state index contributed by atoms with van der Waals surface area (Å²) in [6.45, 7) is 0.524. The van der Waals surface area contributed by atoms with Gasteiger partial charge in [0.2, 0.25) is 0 Å². The third kappa shape index (κ3) is 2.66. The van der Waals surface area contributed by atoms with Gasteiger partial charge in [-0.3, -0.25) is 0 Å². The van der Waals surface area contributed by atoms with Gasteiger partial charge in [-0.05, 0) is 29.7 Å². The van der Waals surface area contributed by atoms with E-state index in [0.29, 0.717) is 6.54 Å². The minimum Gasteiger partial charge on any atom is -0.441 e. The minimum absolute atomic E-state index is 0.524. The first-order valence-electron chi connectivity index (χ1n) is 6.47. The van der Waals surface area contributed by atoms with Crippen LogP contribution in [0.5, 0.6) is 0 Å². The highest BCUT2D eigenvalue weighted by atomic mass is 16.3. The first-order valence-corrected chi connectivity index (χ1v) is 6.47. The van der Waals surface area contributed by atoms with Crippen LogP contribution in [0.15, 0.2) is 52.9 Å². The van der Waals surface area contributed by atoms with E-state index in [1.165, 1.54) is 5.56 Å². The molecule has 0 radical (unpaired) electrons. The van der Waals surface area contributed by atoms with Crippen molar-refractivity contribution in [1.29, 1.82) is 0 Å². The molecule has 0 bridgehead atoms. The van der Waals surface area contributed by atoms with Crippen molar-refractivity contribution in [3.8, 4) is 0 Å². The van der Waals surface area contributed by atoms with Gasteiger partial charge in [0.15, 0.2) is 11.5 Å². The molecule has 2 N–H and O–H groups in total. The zero-order valence-electron chi connectivity index (χ0n) is 10.7. The van der Waals surface area contributed by atoms with Crippen molar-refractivity contribution in [2.75, 3.05) is 0 Å². The number of rotatable bonds is 4. The second-order valence-corrected chi connectivity index (χ2v) is 4.60.